The van der Waals surface area contributed by atoms with E-state index in [1.165, 1.54) is 0 Å². The fourth-order valence-electron chi connectivity index (χ4n) is 1.08. The van der Waals surface area contributed by atoms with Crippen LogP contribution in [0.25, 0.3) is 0 Å². The Labute approximate surface area is 70.3 Å². The zero-order chi connectivity index (χ0) is 8.23. The predicted molar refractivity (Wildman–Crippen MR) is 45.7 cm³/mol. The maximum atomic E-state index is 4.20. The molecule has 5 heteroatoms. The molecule has 1 aromatic heterocycles. The maximum Gasteiger partial charge on any atom is 0.191 e. The van der Waals surface area contributed by atoms with Crippen LogP contribution in [-0.4, -0.2) is 29.2 Å². The van der Waals surface area contributed by atoms with Crippen molar-refractivity contribution in [2.75, 3.05) is 13.1 Å². The average molecular weight is 165 g/mol. The summed E-state index contributed by atoms with van der Waals surface area (Å²) in [7, 11) is 0. The molecule has 5 nitrogen and oxygen atoms in total. The lowest BCUT2D eigenvalue weighted by atomic mass is 10.4. The van der Waals surface area contributed by atoms with Crippen molar-refractivity contribution in [3.63, 3.8) is 0 Å². The van der Waals surface area contributed by atoms with Crippen LogP contribution in [0, 0.1) is 0 Å². The third-order valence-corrected chi connectivity index (χ3v) is 1.69. The molecule has 0 atom stereocenters. The first-order valence-corrected chi connectivity index (χ1v) is 3.95. The van der Waals surface area contributed by atoms with Gasteiger partial charge in [0.15, 0.2) is 5.96 Å². The molecular formula is C7H11N5. The number of aromatic nitrogens is 2. The summed E-state index contributed by atoms with van der Waals surface area (Å²) in [5.41, 5.74) is 1.13. The van der Waals surface area contributed by atoms with Crippen molar-refractivity contribution in [1.82, 2.24) is 20.8 Å². The van der Waals surface area contributed by atoms with Crippen LogP contribution in [0.1, 0.15) is 5.56 Å². The fraction of sp³-hybridized carbons (Fsp3) is 0.429. The Balaban J connectivity index is 1.82. The molecule has 0 saturated carbocycles. The van der Waals surface area contributed by atoms with Gasteiger partial charge in [0, 0.05) is 24.8 Å². The molecule has 64 valence electrons. The molecule has 1 aliphatic rings. The Morgan fingerprint density at radius 2 is 2.58 bits per heavy atom. The zero-order valence-electron chi connectivity index (χ0n) is 6.67. The minimum absolute atomic E-state index is 0.766. The summed E-state index contributed by atoms with van der Waals surface area (Å²) in [6.07, 6.45) is 3.66. The summed E-state index contributed by atoms with van der Waals surface area (Å²) in [6.45, 7) is 2.57. The Bertz CT molecular complexity index is 263. The highest BCUT2D eigenvalue weighted by molar-refractivity contribution is 5.81. The molecule has 12 heavy (non-hydrogen) atoms. The molecule has 0 unspecified atom stereocenters. The number of rotatable bonds is 2. The van der Waals surface area contributed by atoms with Gasteiger partial charge in [-0.25, -0.2) is 0 Å². The van der Waals surface area contributed by atoms with Crippen LogP contribution in [0.15, 0.2) is 17.4 Å². The minimum atomic E-state index is 0.766. The molecule has 0 amide bonds. The van der Waals surface area contributed by atoms with Crippen LogP contribution < -0.4 is 10.6 Å². The monoisotopic (exact) mass is 165 g/mol. The molecule has 1 aromatic rings. The number of guanidine groups is 1. The van der Waals surface area contributed by atoms with Crippen LogP contribution >= 0.6 is 0 Å². The lowest BCUT2D eigenvalue weighted by Gasteiger charge is -2.03. The van der Waals surface area contributed by atoms with E-state index >= 15 is 0 Å². The number of nitrogens with zero attached hydrogens (tertiary/aromatic N) is 2. The maximum absolute atomic E-state index is 4.20. The molecule has 0 aliphatic carbocycles. The third-order valence-electron chi connectivity index (χ3n) is 1.69. The van der Waals surface area contributed by atoms with Gasteiger partial charge in [-0.1, -0.05) is 0 Å². The predicted octanol–water partition coefficient (Wildman–Crippen LogP) is -0.541. The minimum Gasteiger partial charge on any atom is -0.355 e. The summed E-state index contributed by atoms with van der Waals surface area (Å²) in [5, 5.41) is 12.9. The van der Waals surface area contributed by atoms with Crippen LogP contribution in [0.3, 0.4) is 0 Å². The molecule has 0 aromatic carbocycles. The first kappa shape index (κ1) is 7.15. The molecule has 1 aliphatic heterocycles. The normalized spacial score (nSPS) is 15.5. The van der Waals surface area contributed by atoms with E-state index in [0.29, 0.717) is 0 Å². The summed E-state index contributed by atoms with van der Waals surface area (Å²) >= 11 is 0. The van der Waals surface area contributed by atoms with Crippen molar-refractivity contribution in [2.45, 2.75) is 6.54 Å². The second kappa shape index (κ2) is 3.25. The van der Waals surface area contributed by atoms with Crippen molar-refractivity contribution < 1.29 is 0 Å². The lowest BCUT2D eigenvalue weighted by molar-refractivity contribution is 0.868. The lowest BCUT2D eigenvalue weighted by Crippen LogP contribution is -2.33. The summed E-state index contributed by atoms with van der Waals surface area (Å²) in [4.78, 5) is 4.20. The van der Waals surface area contributed by atoms with Crippen LogP contribution in [0.4, 0.5) is 0 Å². The highest BCUT2D eigenvalue weighted by Crippen LogP contribution is 1.92. The Kier molecular flexibility index (Phi) is 1.94. The van der Waals surface area contributed by atoms with Gasteiger partial charge >= 0.3 is 0 Å². The quantitative estimate of drug-likeness (QED) is 0.551. The topological polar surface area (TPSA) is 65.1 Å². The second-order valence-electron chi connectivity index (χ2n) is 2.62. The van der Waals surface area contributed by atoms with Crippen molar-refractivity contribution in [3.05, 3.63) is 18.0 Å². The number of nitrogens with one attached hydrogen (secondary N) is 3. The molecular weight excluding hydrogens is 154 g/mol. The van der Waals surface area contributed by atoms with Gasteiger partial charge in [0.2, 0.25) is 0 Å². The van der Waals surface area contributed by atoms with Crippen molar-refractivity contribution in [3.8, 4) is 0 Å². The van der Waals surface area contributed by atoms with Gasteiger partial charge in [-0.15, -0.1) is 0 Å². The summed E-state index contributed by atoms with van der Waals surface area (Å²) in [5.74, 6) is 0.885. The first-order chi connectivity index (χ1) is 5.95. The number of hydrogen-bond donors (Lipinski definition) is 3. The molecule has 0 saturated heterocycles. The van der Waals surface area contributed by atoms with Gasteiger partial charge in [-0.3, -0.25) is 10.1 Å². The molecule has 3 N–H and O–H groups in total. The highest BCUT2D eigenvalue weighted by Gasteiger charge is 2.03. The van der Waals surface area contributed by atoms with E-state index in [9.17, 15) is 0 Å². The van der Waals surface area contributed by atoms with Crippen LogP contribution in [0.5, 0.6) is 0 Å². The summed E-state index contributed by atoms with van der Waals surface area (Å²) < 4.78 is 0. The van der Waals surface area contributed by atoms with E-state index in [4.69, 9.17) is 0 Å². The molecule has 2 heterocycles. The standard InChI is InChI=1S/C7H11N5/c1-2-9-7(8-1)10-3-6-4-11-12-5-6/h4-5H,1-3H2,(H,11,12)(H2,8,9,10). The average Bonchev–Trinajstić information content (AvgIpc) is 2.74. The van der Waals surface area contributed by atoms with Crippen molar-refractivity contribution >= 4 is 5.96 Å². The molecule has 0 bridgehead atoms. The molecule has 2 rings (SSSR count). The smallest absolute Gasteiger partial charge is 0.191 e. The summed E-state index contributed by atoms with van der Waals surface area (Å²) in [6, 6.07) is 0. The van der Waals surface area contributed by atoms with Crippen LogP contribution in [0.2, 0.25) is 0 Å². The van der Waals surface area contributed by atoms with E-state index in [1.54, 1.807) is 6.20 Å². The number of aliphatic imine (C=N–C) groups is 1. The van der Waals surface area contributed by atoms with Gasteiger partial charge < -0.3 is 10.6 Å². The molecule has 0 radical (unpaired) electrons. The number of H-pyrrole nitrogens is 1. The van der Waals surface area contributed by atoms with Gasteiger partial charge in [-0.05, 0) is 0 Å². The Morgan fingerprint density at radius 3 is 3.25 bits per heavy atom. The SMILES string of the molecule is c1n[nH]cc1CNC1=NCCN1. The van der Waals surface area contributed by atoms with Gasteiger partial charge in [0.05, 0.1) is 12.7 Å². The Morgan fingerprint density at radius 1 is 1.58 bits per heavy atom. The largest absolute Gasteiger partial charge is 0.355 e. The van der Waals surface area contributed by atoms with Crippen LogP contribution in [-0.2, 0) is 6.54 Å². The van der Waals surface area contributed by atoms with Crippen molar-refractivity contribution in [2.24, 2.45) is 4.99 Å². The molecule has 0 fully saturated rings. The third kappa shape index (κ3) is 1.55. The van der Waals surface area contributed by atoms with Gasteiger partial charge in [0.1, 0.15) is 0 Å². The number of hydrogen-bond acceptors (Lipinski definition) is 4. The van der Waals surface area contributed by atoms with Gasteiger partial charge in [0.25, 0.3) is 0 Å². The molecule has 0 spiro atoms. The Hall–Kier alpha value is -1.52. The number of aromatic amines is 1. The van der Waals surface area contributed by atoms with E-state index < -0.39 is 0 Å². The first-order valence-electron chi connectivity index (χ1n) is 3.95. The van der Waals surface area contributed by atoms with E-state index in [2.05, 4.69) is 25.8 Å². The second-order valence-corrected chi connectivity index (χ2v) is 2.62. The van der Waals surface area contributed by atoms with E-state index in [-0.39, 0.29) is 0 Å². The van der Waals surface area contributed by atoms with Crippen molar-refractivity contribution in [1.29, 1.82) is 0 Å². The van der Waals surface area contributed by atoms with E-state index in [1.807, 2.05) is 6.20 Å². The highest BCUT2D eigenvalue weighted by atomic mass is 15.2. The fourth-order valence-corrected chi connectivity index (χ4v) is 1.08. The zero-order valence-corrected chi connectivity index (χ0v) is 6.67. The van der Waals surface area contributed by atoms with E-state index in [0.717, 1.165) is 31.2 Å². The van der Waals surface area contributed by atoms with Gasteiger partial charge in [-0.2, -0.15) is 5.10 Å².